The fourth-order valence-electron chi connectivity index (χ4n) is 1.85. The highest BCUT2D eigenvalue weighted by molar-refractivity contribution is 7.17. The molecule has 6 heteroatoms. The second-order valence-corrected chi connectivity index (χ2v) is 5.13. The van der Waals surface area contributed by atoms with Crippen molar-refractivity contribution in [2.45, 2.75) is 19.6 Å². The summed E-state index contributed by atoms with van der Waals surface area (Å²) in [4.78, 5) is 8.53. The van der Waals surface area contributed by atoms with E-state index < -0.39 is 5.79 Å². The van der Waals surface area contributed by atoms with Crippen LogP contribution in [0, 0.1) is 6.92 Å². The molecule has 3 heterocycles. The van der Waals surface area contributed by atoms with Crippen molar-refractivity contribution >= 4 is 33.2 Å². The van der Waals surface area contributed by atoms with Crippen LogP contribution < -0.4 is 0 Å². The van der Waals surface area contributed by atoms with E-state index in [1.807, 2.05) is 19.2 Å². The summed E-state index contributed by atoms with van der Waals surface area (Å²) in [5, 5.41) is 2.28. The maximum Gasteiger partial charge on any atom is 0.238 e. The van der Waals surface area contributed by atoms with Crippen LogP contribution in [0.15, 0.2) is 5.38 Å². The predicted octanol–water partition coefficient (Wildman–Crippen LogP) is 2.87. The molecule has 1 aliphatic heterocycles. The summed E-state index contributed by atoms with van der Waals surface area (Å²) in [5.41, 5.74) is 2.75. The fraction of sp³-hybridized carbons (Fsp3) is 0.455. The summed E-state index contributed by atoms with van der Waals surface area (Å²) >= 11 is 7.56. The van der Waals surface area contributed by atoms with E-state index in [0.717, 1.165) is 21.5 Å². The normalized spacial score (nSPS) is 23.2. The molecule has 0 N–H and O–H groups in total. The third-order valence-electron chi connectivity index (χ3n) is 2.71. The average Bonchev–Trinajstić information content (AvgIpc) is 2.99. The van der Waals surface area contributed by atoms with E-state index in [-0.39, 0.29) is 5.28 Å². The minimum Gasteiger partial charge on any atom is -0.343 e. The molecule has 1 saturated heterocycles. The molecule has 1 fully saturated rings. The maximum atomic E-state index is 5.96. The zero-order chi connectivity index (χ0) is 12.0. The molecule has 4 nitrogen and oxygen atoms in total. The maximum absolute atomic E-state index is 5.96. The Kier molecular flexibility index (Phi) is 2.59. The molecule has 17 heavy (non-hydrogen) atoms. The highest BCUT2D eigenvalue weighted by atomic mass is 35.5. The fourth-order valence-corrected chi connectivity index (χ4v) is 3.06. The van der Waals surface area contributed by atoms with E-state index >= 15 is 0 Å². The molecule has 0 bridgehead atoms. The summed E-state index contributed by atoms with van der Waals surface area (Å²) in [5.74, 6) is -0.698. The number of fused-ring (bicyclic) bond motifs is 1. The molecule has 1 atom stereocenters. The highest BCUT2D eigenvalue weighted by Gasteiger charge is 2.51. The van der Waals surface area contributed by atoms with Crippen LogP contribution in [0.25, 0.3) is 10.2 Å². The standard InChI is InChI=1S/C11H11ClN2O2S/c1-3-15-11(5-16-11)9-8-7(6(2)4-17-8)13-10(12)14-9/h4H,3,5H2,1-2H3. The Balaban J connectivity index is 2.22. The summed E-state index contributed by atoms with van der Waals surface area (Å²) in [6.45, 7) is 5.05. The molecule has 0 radical (unpaired) electrons. The summed E-state index contributed by atoms with van der Waals surface area (Å²) < 4.78 is 12.1. The first kappa shape index (κ1) is 11.3. The molecule has 0 amide bonds. The first-order valence-electron chi connectivity index (χ1n) is 5.36. The largest absolute Gasteiger partial charge is 0.343 e. The Morgan fingerprint density at radius 1 is 1.59 bits per heavy atom. The third-order valence-corrected chi connectivity index (χ3v) is 3.97. The van der Waals surface area contributed by atoms with Gasteiger partial charge in [0.2, 0.25) is 11.1 Å². The van der Waals surface area contributed by atoms with Crippen LogP contribution >= 0.6 is 22.9 Å². The van der Waals surface area contributed by atoms with Crippen LogP contribution in [-0.4, -0.2) is 23.2 Å². The first-order valence-corrected chi connectivity index (χ1v) is 6.62. The molecule has 90 valence electrons. The van der Waals surface area contributed by atoms with Gasteiger partial charge in [-0.15, -0.1) is 11.3 Å². The van der Waals surface area contributed by atoms with Gasteiger partial charge in [-0.05, 0) is 36.4 Å². The van der Waals surface area contributed by atoms with Crippen LogP contribution in [-0.2, 0) is 15.3 Å². The number of ether oxygens (including phenoxy) is 2. The number of thiophene rings is 1. The van der Waals surface area contributed by atoms with Gasteiger partial charge in [-0.2, -0.15) is 0 Å². The molecular formula is C11H11ClN2O2S. The first-order chi connectivity index (χ1) is 8.16. The van der Waals surface area contributed by atoms with Crippen molar-refractivity contribution < 1.29 is 9.47 Å². The molecule has 0 spiro atoms. The van der Waals surface area contributed by atoms with Crippen molar-refractivity contribution in [2.24, 2.45) is 0 Å². The summed E-state index contributed by atoms with van der Waals surface area (Å²) in [6.07, 6.45) is 0. The van der Waals surface area contributed by atoms with Crippen molar-refractivity contribution in [2.75, 3.05) is 13.2 Å². The van der Waals surface area contributed by atoms with E-state index in [1.165, 1.54) is 0 Å². The zero-order valence-electron chi connectivity index (χ0n) is 9.49. The van der Waals surface area contributed by atoms with E-state index in [4.69, 9.17) is 21.1 Å². The number of halogens is 1. The second kappa shape index (κ2) is 3.88. The molecule has 3 rings (SSSR count). The van der Waals surface area contributed by atoms with Crippen LogP contribution in [0.4, 0.5) is 0 Å². The number of hydrogen-bond donors (Lipinski definition) is 0. The topological polar surface area (TPSA) is 47.5 Å². The van der Waals surface area contributed by atoms with Crippen LogP contribution in [0.3, 0.4) is 0 Å². The minimum atomic E-state index is -0.698. The van der Waals surface area contributed by atoms with Crippen molar-refractivity contribution in [1.82, 2.24) is 9.97 Å². The average molecular weight is 271 g/mol. The number of epoxide rings is 1. The van der Waals surface area contributed by atoms with Crippen LogP contribution in [0.1, 0.15) is 18.2 Å². The van der Waals surface area contributed by atoms with Crippen LogP contribution in [0.2, 0.25) is 5.28 Å². The smallest absolute Gasteiger partial charge is 0.238 e. The Hall–Kier alpha value is -0.750. The van der Waals surface area contributed by atoms with Crippen LogP contribution in [0.5, 0.6) is 0 Å². The van der Waals surface area contributed by atoms with Gasteiger partial charge in [0.15, 0.2) is 0 Å². The van der Waals surface area contributed by atoms with E-state index in [1.54, 1.807) is 11.3 Å². The second-order valence-electron chi connectivity index (χ2n) is 3.91. The number of aromatic nitrogens is 2. The third kappa shape index (κ3) is 1.74. The Morgan fingerprint density at radius 2 is 2.35 bits per heavy atom. The van der Waals surface area contributed by atoms with Crippen molar-refractivity contribution in [3.63, 3.8) is 0 Å². The lowest BCUT2D eigenvalue weighted by Crippen LogP contribution is -2.16. The van der Waals surface area contributed by atoms with Gasteiger partial charge >= 0.3 is 0 Å². The number of aryl methyl sites for hydroxylation is 1. The molecule has 1 unspecified atom stereocenters. The van der Waals surface area contributed by atoms with Gasteiger partial charge in [0.25, 0.3) is 0 Å². The van der Waals surface area contributed by atoms with Gasteiger partial charge in [-0.25, -0.2) is 9.97 Å². The molecular weight excluding hydrogens is 260 g/mol. The van der Waals surface area contributed by atoms with E-state index in [2.05, 4.69) is 9.97 Å². The van der Waals surface area contributed by atoms with Gasteiger partial charge in [0.05, 0.1) is 10.2 Å². The quantitative estimate of drug-likeness (QED) is 0.636. The number of hydrogen-bond acceptors (Lipinski definition) is 5. The van der Waals surface area contributed by atoms with Gasteiger partial charge in [-0.1, -0.05) is 0 Å². The Morgan fingerprint density at radius 3 is 3.00 bits per heavy atom. The van der Waals surface area contributed by atoms with Crippen molar-refractivity contribution in [1.29, 1.82) is 0 Å². The Labute approximate surface area is 108 Å². The zero-order valence-corrected chi connectivity index (χ0v) is 11.1. The van der Waals surface area contributed by atoms with Gasteiger partial charge in [0.1, 0.15) is 12.3 Å². The van der Waals surface area contributed by atoms with Gasteiger partial charge in [0, 0.05) is 6.61 Å². The Bertz CT molecular complexity index is 580. The molecule has 0 aromatic carbocycles. The van der Waals surface area contributed by atoms with E-state index in [0.29, 0.717) is 13.2 Å². The minimum absolute atomic E-state index is 0.239. The lowest BCUT2D eigenvalue weighted by atomic mass is 10.2. The SMILES string of the molecule is CCOC1(c2nc(Cl)nc3c(C)csc23)CO1. The molecule has 2 aromatic heterocycles. The number of rotatable bonds is 3. The molecule has 0 saturated carbocycles. The monoisotopic (exact) mass is 270 g/mol. The van der Waals surface area contributed by atoms with E-state index in [9.17, 15) is 0 Å². The molecule has 2 aromatic rings. The van der Waals surface area contributed by atoms with Gasteiger partial charge < -0.3 is 9.47 Å². The molecule has 1 aliphatic rings. The number of nitrogens with zero attached hydrogens (tertiary/aromatic N) is 2. The molecule has 0 aliphatic carbocycles. The lowest BCUT2D eigenvalue weighted by molar-refractivity contribution is -0.0434. The summed E-state index contributed by atoms with van der Waals surface area (Å²) in [7, 11) is 0. The van der Waals surface area contributed by atoms with Crippen molar-refractivity contribution in [3.05, 3.63) is 21.9 Å². The predicted molar refractivity (Wildman–Crippen MR) is 66.4 cm³/mol. The highest BCUT2D eigenvalue weighted by Crippen LogP contribution is 2.44. The van der Waals surface area contributed by atoms with Gasteiger partial charge in [-0.3, -0.25) is 0 Å². The van der Waals surface area contributed by atoms with Crippen molar-refractivity contribution in [3.8, 4) is 0 Å². The lowest BCUT2D eigenvalue weighted by Gasteiger charge is -2.12. The summed E-state index contributed by atoms with van der Waals surface area (Å²) in [6, 6.07) is 0.